The van der Waals surface area contributed by atoms with E-state index in [1.54, 1.807) is 29.2 Å². The number of nitrogens with zero attached hydrogens (tertiary/aromatic N) is 5. The lowest BCUT2D eigenvalue weighted by atomic mass is 10.1. The summed E-state index contributed by atoms with van der Waals surface area (Å²) < 4.78 is 16.1. The number of fused-ring (bicyclic) bond motifs is 2. The molecule has 0 amide bonds. The summed E-state index contributed by atoms with van der Waals surface area (Å²) in [7, 11) is 0. The smallest absolute Gasteiger partial charge is 0.173 e. The van der Waals surface area contributed by atoms with Crippen LogP contribution < -0.4 is 15.5 Å². The second kappa shape index (κ2) is 7.83. The van der Waals surface area contributed by atoms with Gasteiger partial charge in [0.05, 0.1) is 17.1 Å². The summed E-state index contributed by atoms with van der Waals surface area (Å²) in [4.78, 5) is 15.6. The van der Waals surface area contributed by atoms with E-state index in [-0.39, 0.29) is 11.5 Å². The molecule has 4 heterocycles. The molecule has 1 fully saturated rings. The van der Waals surface area contributed by atoms with Crippen LogP contribution in [0.2, 0.25) is 0 Å². The van der Waals surface area contributed by atoms with E-state index in [1.165, 1.54) is 6.07 Å². The number of aryl methyl sites for hydroxylation is 1. The summed E-state index contributed by atoms with van der Waals surface area (Å²) in [5.74, 6) is -0.322. The van der Waals surface area contributed by atoms with Gasteiger partial charge in [-0.25, -0.2) is 9.37 Å². The number of hydrogen-bond acceptors (Lipinski definition) is 6. The minimum absolute atomic E-state index is 0.125. The molecule has 1 aliphatic heterocycles. The molecule has 0 aliphatic carbocycles. The summed E-state index contributed by atoms with van der Waals surface area (Å²) in [6.07, 6.45) is 6.77. The van der Waals surface area contributed by atoms with Crippen molar-refractivity contribution in [2.45, 2.75) is 32.9 Å². The Bertz CT molecular complexity index is 1320. The molecule has 8 nitrogen and oxygen atoms in total. The summed E-state index contributed by atoms with van der Waals surface area (Å²) in [6, 6.07) is 5.96. The van der Waals surface area contributed by atoms with Gasteiger partial charge in [-0.3, -0.25) is 15.4 Å². The number of amidine groups is 1. The number of nitrogens with one attached hydrogen (secondary N) is 3. The highest BCUT2D eigenvalue weighted by molar-refractivity contribution is 6.14. The van der Waals surface area contributed by atoms with Crippen molar-refractivity contribution in [1.29, 1.82) is 5.41 Å². The normalized spacial score (nSPS) is 18.9. The predicted molar refractivity (Wildman–Crippen MR) is 124 cm³/mol. The second-order valence-corrected chi connectivity index (χ2v) is 8.45. The second-order valence-electron chi connectivity index (χ2n) is 8.45. The Balaban J connectivity index is 1.50. The highest BCUT2D eigenvalue weighted by Gasteiger charge is 2.24. The first kappa shape index (κ1) is 20.3. The van der Waals surface area contributed by atoms with Crippen molar-refractivity contribution in [3.05, 3.63) is 60.1 Å². The average Bonchev–Trinajstić information content (AvgIpc) is 3.13. The lowest BCUT2D eigenvalue weighted by molar-refractivity contribution is 0.407. The summed E-state index contributed by atoms with van der Waals surface area (Å²) >= 11 is 0. The van der Waals surface area contributed by atoms with E-state index in [4.69, 9.17) is 5.41 Å². The van der Waals surface area contributed by atoms with Gasteiger partial charge >= 0.3 is 0 Å². The predicted octanol–water partition coefficient (Wildman–Crippen LogP) is 3.35. The highest BCUT2D eigenvalue weighted by Crippen LogP contribution is 2.28. The van der Waals surface area contributed by atoms with Crippen LogP contribution in [0.15, 0.2) is 43.0 Å². The van der Waals surface area contributed by atoms with Gasteiger partial charge in [0.1, 0.15) is 16.9 Å². The van der Waals surface area contributed by atoms with Crippen molar-refractivity contribution < 1.29 is 4.39 Å². The Morgan fingerprint density at radius 1 is 1.12 bits per heavy atom. The zero-order chi connectivity index (χ0) is 22.4. The molecule has 5 rings (SSSR count). The average molecular weight is 433 g/mol. The van der Waals surface area contributed by atoms with E-state index >= 15 is 0 Å². The van der Waals surface area contributed by atoms with Crippen LogP contribution in [0.25, 0.3) is 16.7 Å². The van der Waals surface area contributed by atoms with Crippen molar-refractivity contribution in [2.24, 2.45) is 0 Å². The van der Waals surface area contributed by atoms with E-state index in [1.807, 2.05) is 19.1 Å². The molecule has 4 aromatic rings. The maximum atomic E-state index is 14.5. The van der Waals surface area contributed by atoms with E-state index in [9.17, 15) is 4.39 Å². The largest absolute Gasteiger partial charge is 0.367 e. The Morgan fingerprint density at radius 3 is 2.59 bits per heavy atom. The van der Waals surface area contributed by atoms with Gasteiger partial charge in [-0.2, -0.15) is 0 Å². The molecular formula is C23H25FN8. The topological polar surface area (TPSA) is 94.2 Å². The number of pyridine rings is 1. The molecule has 0 saturated carbocycles. The first-order chi connectivity index (χ1) is 15.4. The quantitative estimate of drug-likeness (QED) is 0.340. The minimum Gasteiger partial charge on any atom is -0.367 e. The number of anilines is 2. The van der Waals surface area contributed by atoms with Gasteiger partial charge in [0.25, 0.3) is 0 Å². The van der Waals surface area contributed by atoms with Crippen molar-refractivity contribution in [3.63, 3.8) is 0 Å². The molecule has 2 atom stereocenters. The van der Waals surface area contributed by atoms with Gasteiger partial charge < -0.3 is 19.9 Å². The molecule has 164 valence electrons. The number of piperazine rings is 1. The summed E-state index contributed by atoms with van der Waals surface area (Å²) in [6.45, 7) is 7.89. The molecule has 0 bridgehead atoms. The van der Waals surface area contributed by atoms with Crippen LogP contribution in [0.5, 0.6) is 0 Å². The minimum atomic E-state index is -0.446. The SMILES string of the molecule is Cc1cn2cc(NC(=N)c3ccc(N4C[C@@H](C)N[C@@H](C)C4)c4nccnc34)cc(F)c2n1. The molecule has 0 radical (unpaired) electrons. The van der Waals surface area contributed by atoms with Crippen LogP contribution in [-0.4, -0.2) is 50.4 Å². The Labute approximate surface area is 185 Å². The number of halogens is 1. The Hall–Kier alpha value is -3.59. The van der Waals surface area contributed by atoms with Crippen LogP contribution in [0.3, 0.4) is 0 Å². The lowest BCUT2D eigenvalue weighted by Gasteiger charge is -2.38. The fraction of sp³-hybridized carbons (Fsp3) is 0.304. The zero-order valence-corrected chi connectivity index (χ0v) is 18.2. The van der Waals surface area contributed by atoms with Crippen LogP contribution in [-0.2, 0) is 0 Å². The van der Waals surface area contributed by atoms with Crippen molar-refractivity contribution in [1.82, 2.24) is 24.7 Å². The zero-order valence-electron chi connectivity index (χ0n) is 18.2. The third-order valence-corrected chi connectivity index (χ3v) is 5.67. The Kier molecular flexibility index (Phi) is 4.97. The molecule has 3 N–H and O–H groups in total. The number of rotatable bonds is 3. The molecule has 9 heteroatoms. The summed E-state index contributed by atoms with van der Waals surface area (Å²) in [5, 5.41) is 15.2. The third-order valence-electron chi connectivity index (χ3n) is 5.67. The van der Waals surface area contributed by atoms with Crippen molar-refractivity contribution in [3.8, 4) is 0 Å². The number of hydrogen-bond donors (Lipinski definition) is 3. The van der Waals surface area contributed by atoms with Crippen LogP contribution in [0, 0.1) is 18.2 Å². The number of benzene rings is 1. The van der Waals surface area contributed by atoms with Gasteiger partial charge in [-0.15, -0.1) is 0 Å². The standard InChI is InChI=1S/C23H25FN8/c1-13-9-31(10-14(2)28-13)19-5-4-17(20-21(19)27-7-6-26-20)22(25)30-16-8-18(24)23-29-15(3)11-32(23)12-16/h4-8,11-14,28H,9-10H2,1-3H3,(H2,25,30)/t13-,14+. The van der Waals surface area contributed by atoms with E-state index in [0.717, 1.165) is 30.0 Å². The van der Waals surface area contributed by atoms with E-state index in [2.05, 4.69) is 44.3 Å². The molecule has 1 aromatic carbocycles. The molecule has 3 aromatic heterocycles. The van der Waals surface area contributed by atoms with Gasteiger partial charge in [0, 0.05) is 61.6 Å². The van der Waals surface area contributed by atoms with Crippen molar-refractivity contribution in [2.75, 3.05) is 23.3 Å². The van der Waals surface area contributed by atoms with Crippen LogP contribution >= 0.6 is 0 Å². The molecular weight excluding hydrogens is 407 g/mol. The fourth-order valence-corrected chi connectivity index (χ4v) is 4.48. The lowest BCUT2D eigenvalue weighted by Crippen LogP contribution is -2.54. The maximum Gasteiger partial charge on any atom is 0.173 e. The van der Waals surface area contributed by atoms with E-state index in [0.29, 0.717) is 28.9 Å². The van der Waals surface area contributed by atoms with Crippen molar-refractivity contribution >= 4 is 33.9 Å². The molecule has 0 unspecified atom stereocenters. The third kappa shape index (κ3) is 3.64. The van der Waals surface area contributed by atoms with Gasteiger partial charge in [0.15, 0.2) is 11.5 Å². The molecule has 1 saturated heterocycles. The fourth-order valence-electron chi connectivity index (χ4n) is 4.48. The highest BCUT2D eigenvalue weighted by atomic mass is 19.1. The first-order valence-electron chi connectivity index (χ1n) is 10.6. The van der Waals surface area contributed by atoms with Gasteiger partial charge in [-0.1, -0.05) is 0 Å². The summed E-state index contributed by atoms with van der Waals surface area (Å²) in [5.41, 5.74) is 4.46. The maximum absolute atomic E-state index is 14.5. The van der Waals surface area contributed by atoms with Gasteiger partial charge in [-0.05, 0) is 32.9 Å². The molecule has 0 spiro atoms. The van der Waals surface area contributed by atoms with Crippen LogP contribution in [0.1, 0.15) is 25.1 Å². The Morgan fingerprint density at radius 2 is 1.84 bits per heavy atom. The molecule has 32 heavy (non-hydrogen) atoms. The number of imidazole rings is 1. The monoisotopic (exact) mass is 432 g/mol. The van der Waals surface area contributed by atoms with E-state index < -0.39 is 5.82 Å². The first-order valence-corrected chi connectivity index (χ1v) is 10.6. The van der Waals surface area contributed by atoms with Crippen LogP contribution in [0.4, 0.5) is 15.8 Å². The number of aromatic nitrogens is 4. The van der Waals surface area contributed by atoms with Gasteiger partial charge in [0.2, 0.25) is 0 Å². The molecule has 1 aliphatic rings.